The van der Waals surface area contributed by atoms with Gasteiger partial charge in [-0.2, -0.15) is 0 Å². The van der Waals surface area contributed by atoms with E-state index in [1.807, 2.05) is 12.1 Å². The van der Waals surface area contributed by atoms with Crippen molar-refractivity contribution in [1.29, 1.82) is 0 Å². The van der Waals surface area contributed by atoms with Crippen LogP contribution in [0.15, 0.2) is 39.5 Å². The van der Waals surface area contributed by atoms with Crippen molar-refractivity contribution in [3.05, 3.63) is 39.5 Å². The van der Waals surface area contributed by atoms with Crippen molar-refractivity contribution in [3.63, 3.8) is 0 Å². The Bertz CT molecular complexity index is 282. The van der Waals surface area contributed by atoms with Gasteiger partial charge in [0.15, 0.2) is 0 Å². The minimum absolute atomic E-state index is 0.152. The van der Waals surface area contributed by atoms with Gasteiger partial charge in [0.05, 0.1) is 5.54 Å². The van der Waals surface area contributed by atoms with Crippen LogP contribution < -0.4 is 4.74 Å². The smallest absolute Gasteiger partial charge is 0.205 e. The van der Waals surface area contributed by atoms with E-state index in [2.05, 4.69) is 15.9 Å². The fourth-order valence-electron chi connectivity index (χ4n) is 0.637. The molecule has 0 spiro atoms. The zero-order valence-corrected chi connectivity index (χ0v) is 9.03. The van der Waals surface area contributed by atoms with Gasteiger partial charge in [0.2, 0.25) is 5.22 Å². The van der Waals surface area contributed by atoms with E-state index in [1.54, 1.807) is 12.1 Å². The van der Waals surface area contributed by atoms with Crippen LogP contribution in [-0.4, -0.2) is 0 Å². The molecule has 1 aromatic rings. The average Bonchev–Trinajstić information content (AvgIpc) is 2.09. The number of halogens is 3. The molecule has 0 N–H and O–H groups in total. The molecule has 0 unspecified atom stereocenters. The molecule has 0 aliphatic heterocycles. The van der Waals surface area contributed by atoms with E-state index in [0.29, 0.717) is 5.75 Å². The molecule has 0 heterocycles. The summed E-state index contributed by atoms with van der Waals surface area (Å²) in [5.41, 5.74) is 1.17. The Balaban J connectivity index is 2.71. The number of benzene rings is 1. The summed E-state index contributed by atoms with van der Waals surface area (Å²) in [6.07, 6.45) is 0. The monoisotopic (exact) mass is 266 g/mol. The van der Waals surface area contributed by atoms with E-state index in [1.165, 1.54) is 5.54 Å². The molecular formula is C8H5BrCl2O. The summed E-state index contributed by atoms with van der Waals surface area (Å²) in [6, 6.07) is 7.28. The van der Waals surface area contributed by atoms with Crippen LogP contribution in [0.2, 0.25) is 0 Å². The normalized spacial score (nSPS) is 11.4. The molecule has 0 bridgehead atoms. The summed E-state index contributed by atoms with van der Waals surface area (Å²) in [5.74, 6) is 0.653. The predicted octanol–water partition coefficient (Wildman–Crippen LogP) is 4.10. The standard InChI is InChI=1S/C8H5BrCl2O/c9-6-1-3-7(4-2-6)12-8(11)5-10/h1-5H/b8-5-. The van der Waals surface area contributed by atoms with Crippen LogP contribution >= 0.6 is 39.1 Å². The second-order valence-corrected chi connectivity index (χ2v) is 3.48. The third kappa shape index (κ3) is 3.05. The molecule has 0 fully saturated rings. The van der Waals surface area contributed by atoms with Crippen LogP contribution in [0.5, 0.6) is 5.75 Å². The number of ether oxygens (including phenoxy) is 1. The molecule has 0 saturated heterocycles. The van der Waals surface area contributed by atoms with Gasteiger partial charge in [-0.05, 0) is 35.9 Å². The zero-order valence-electron chi connectivity index (χ0n) is 5.93. The maximum absolute atomic E-state index is 5.53. The van der Waals surface area contributed by atoms with Gasteiger partial charge in [0.25, 0.3) is 0 Å². The molecule has 0 aliphatic carbocycles. The van der Waals surface area contributed by atoms with E-state index in [0.717, 1.165) is 4.47 Å². The van der Waals surface area contributed by atoms with Crippen LogP contribution in [0.3, 0.4) is 0 Å². The van der Waals surface area contributed by atoms with Gasteiger partial charge in [-0.1, -0.05) is 27.5 Å². The summed E-state index contributed by atoms with van der Waals surface area (Å²) >= 11 is 14.1. The molecule has 12 heavy (non-hydrogen) atoms. The number of hydrogen-bond acceptors (Lipinski definition) is 1. The first-order valence-corrected chi connectivity index (χ1v) is 4.72. The highest BCUT2D eigenvalue weighted by Crippen LogP contribution is 2.19. The molecule has 0 aromatic heterocycles. The zero-order chi connectivity index (χ0) is 8.97. The lowest BCUT2D eigenvalue weighted by atomic mass is 10.3. The Hall–Kier alpha value is -0.180. The highest BCUT2D eigenvalue weighted by molar-refractivity contribution is 9.10. The van der Waals surface area contributed by atoms with Crippen molar-refractivity contribution in [1.82, 2.24) is 0 Å². The van der Waals surface area contributed by atoms with Crippen LogP contribution in [0.4, 0.5) is 0 Å². The summed E-state index contributed by atoms with van der Waals surface area (Å²) in [5, 5.41) is 0.152. The quantitative estimate of drug-likeness (QED) is 0.733. The van der Waals surface area contributed by atoms with Gasteiger partial charge < -0.3 is 4.74 Å². The highest BCUT2D eigenvalue weighted by Gasteiger charge is 1.95. The maximum atomic E-state index is 5.53. The third-order valence-electron chi connectivity index (χ3n) is 1.11. The van der Waals surface area contributed by atoms with Crippen LogP contribution in [0.25, 0.3) is 0 Å². The molecule has 0 radical (unpaired) electrons. The van der Waals surface area contributed by atoms with Gasteiger partial charge in [-0.25, -0.2) is 0 Å². The molecule has 0 atom stereocenters. The summed E-state index contributed by atoms with van der Waals surface area (Å²) in [6.45, 7) is 0. The average molecular weight is 268 g/mol. The number of hydrogen-bond donors (Lipinski definition) is 0. The van der Waals surface area contributed by atoms with E-state index >= 15 is 0 Å². The van der Waals surface area contributed by atoms with E-state index in [4.69, 9.17) is 27.9 Å². The SMILES string of the molecule is Cl/C=C(/Cl)Oc1ccc(Br)cc1. The van der Waals surface area contributed by atoms with Crippen molar-refractivity contribution in [2.24, 2.45) is 0 Å². The van der Waals surface area contributed by atoms with Crippen molar-refractivity contribution in [3.8, 4) is 5.75 Å². The Morgan fingerprint density at radius 3 is 2.42 bits per heavy atom. The first-order chi connectivity index (χ1) is 5.72. The minimum Gasteiger partial charge on any atom is -0.444 e. The van der Waals surface area contributed by atoms with E-state index in [9.17, 15) is 0 Å². The largest absolute Gasteiger partial charge is 0.444 e. The summed E-state index contributed by atoms with van der Waals surface area (Å²) < 4.78 is 6.08. The van der Waals surface area contributed by atoms with Crippen LogP contribution in [-0.2, 0) is 0 Å². The molecule has 4 heteroatoms. The fraction of sp³-hybridized carbons (Fsp3) is 0. The Labute approximate surface area is 89.1 Å². The lowest BCUT2D eigenvalue weighted by Gasteiger charge is -2.01. The summed E-state index contributed by atoms with van der Waals surface area (Å²) in [7, 11) is 0. The first-order valence-electron chi connectivity index (χ1n) is 3.11. The second-order valence-electron chi connectivity index (χ2n) is 1.97. The van der Waals surface area contributed by atoms with Gasteiger partial charge in [0, 0.05) is 4.47 Å². The lowest BCUT2D eigenvalue weighted by molar-refractivity contribution is 0.463. The van der Waals surface area contributed by atoms with Gasteiger partial charge >= 0.3 is 0 Å². The molecule has 0 saturated carbocycles. The Morgan fingerprint density at radius 2 is 1.92 bits per heavy atom. The van der Waals surface area contributed by atoms with E-state index < -0.39 is 0 Å². The fourth-order valence-corrected chi connectivity index (χ4v) is 1.04. The maximum Gasteiger partial charge on any atom is 0.205 e. The molecule has 0 amide bonds. The molecule has 1 nitrogen and oxygen atoms in total. The van der Waals surface area contributed by atoms with Crippen LogP contribution in [0, 0.1) is 0 Å². The molecule has 0 aliphatic rings. The number of rotatable bonds is 2. The van der Waals surface area contributed by atoms with Gasteiger partial charge in [-0.3, -0.25) is 0 Å². The van der Waals surface area contributed by atoms with Gasteiger partial charge in [-0.15, -0.1) is 0 Å². The van der Waals surface area contributed by atoms with Crippen molar-refractivity contribution in [2.45, 2.75) is 0 Å². The topological polar surface area (TPSA) is 9.23 Å². The summed E-state index contributed by atoms with van der Waals surface area (Å²) in [4.78, 5) is 0. The van der Waals surface area contributed by atoms with Crippen molar-refractivity contribution >= 4 is 39.1 Å². The highest BCUT2D eigenvalue weighted by atomic mass is 79.9. The molecule has 64 valence electrons. The predicted molar refractivity (Wildman–Crippen MR) is 54.6 cm³/mol. The van der Waals surface area contributed by atoms with Gasteiger partial charge in [0.1, 0.15) is 5.75 Å². The molecular weight excluding hydrogens is 263 g/mol. The minimum atomic E-state index is 0.152. The Kier molecular flexibility index (Phi) is 3.92. The lowest BCUT2D eigenvalue weighted by Crippen LogP contribution is -1.85. The van der Waals surface area contributed by atoms with E-state index in [-0.39, 0.29) is 5.22 Å². The third-order valence-corrected chi connectivity index (χ3v) is 2.14. The Morgan fingerprint density at radius 1 is 1.33 bits per heavy atom. The van der Waals surface area contributed by atoms with Crippen molar-refractivity contribution in [2.75, 3.05) is 0 Å². The van der Waals surface area contributed by atoms with Crippen LogP contribution in [0.1, 0.15) is 0 Å². The second kappa shape index (κ2) is 4.75. The molecule has 1 rings (SSSR count). The first kappa shape index (κ1) is 9.90. The molecule has 1 aromatic carbocycles. The van der Waals surface area contributed by atoms with Crippen molar-refractivity contribution < 1.29 is 4.74 Å².